The van der Waals surface area contributed by atoms with Crippen LogP contribution >= 0.6 is 0 Å². The highest BCUT2D eigenvalue weighted by molar-refractivity contribution is 5.50. The van der Waals surface area contributed by atoms with Gasteiger partial charge in [0.1, 0.15) is 23.5 Å². The van der Waals surface area contributed by atoms with Crippen molar-refractivity contribution in [3.63, 3.8) is 0 Å². The first kappa shape index (κ1) is 30.4. The molecule has 9 heteroatoms. The molecule has 0 aliphatic carbocycles. The number of hydrogen-bond acceptors (Lipinski definition) is 9. The van der Waals surface area contributed by atoms with Crippen LogP contribution in [0.2, 0.25) is 0 Å². The SMILES string of the molecule is COc1cccc(COCCOCc2coc(N(Cc3cccc(OC)c3)Cc3cccc(N4CCN(C)CC4)c3)n2)c1. The number of aromatic nitrogens is 1. The van der Waals surface area contributed by atoms with Crippen LogP contribution in [0.4, 0.5) is 11.7 Å². The van der Waals surface area contributed by atoms with Crippen molar-refractivity contribution in [2.75, 3.05) is 70.5 Å². The Hall–Kier alpha value is -4.05. The van der Waals surface area contributed by atoms with Gasteiger partial charge in [0, 0.05) is 45.0 Å². The van der Waals surface area contributed by atoms with Gasteiger partial charge in [-0.2, -0.15) is 4.98 Å². The average Bonchev–Trinajstić information content (AvgIpc) is 3.52. The summed E-state index contributed by atoms with van der Waals surface area (Å²) in [6.07, 6.45) is 1.67. The minimum atomic E-state index is 0.345. The van der Waals surface area contributed by atoms with Gasteiger partial charge in [-0.05, 0) is 60.1 Å². The molecule has 9 nitrogen and oxygen atoms in total. The summed E-state index contributed by atoms with van der Waals surface area (Å²) in [5.74, 6) is 1.65. The second-order valence-corrected chi connectivity index (χ2v) is 10.7. The molecule has 0 bridgehead atoms. The number of benzene rings is 3. The van der Waals surface area contributed by atoms with E-state index in [1.165, 1.54) is 11.3 Å². The summed E-state index contributed by atoms with van der Waals surface area (Å²) in [6.45, 7) is 7.26. The quantitative estimate of drug-likeness (QED) is 0.171. The molecule has 0 atom stereocenters. The van der Waals surface area contributed by atoms with Crippen LogP contribution in [-0.2, 0) is 35.8 Å². The second kappa shape index (κ2) is 15.4. The Balaban J connectivity index is 1.20. The maximum atomic E-state index is 5.99. The van der Waals surface area contributed by atoms with E-state index >= 15 is 0 Å². The fourth-order valence-corrected chi connectivity index (χ4v) is 5.07. The number of methoxy groups -OCH3 is 2. The van der Waals surface area contributed by atoms with Crippen LogP contribution in [0.1, 0.15) is 22.4 Å². The lowest BCUT2D eigenvalue weighted by molar-refractivity contribution is 0.0328. The van der Waals surface area contributed by atoms with E-state index in [1.807, 2.05) is 42.5 Å². The van der Waals surface area contributed by atoms with E-state index in [1.54, 1.807) is 20.5 Å². The normalized spacial score (nSPS) is 13.7. The third-order valence-electron chi connectivity index (χ3n) is 7.49. The first-order chi connectivity index (χ1) is 21.1. The molecule has 1 aliphatic heterocycles. The van der Waals surface area contributed by atoms with Crippen molar-refractivity contribution in [3.05, 3.63) is 101 Å². The second-order valence-electron chi connectivity index (χ2n) is 10.7. The maximum absolute atomic E-state index is 5.99. The van der Waals surface area contributed by atoms with E-state index in [4.69, 9.17) is 28.3 Å². The Bertz CT molecular complexity index is 1420. The zero-order valence-electron chi connectivity index (χ0n) is 25.4. The zero-order chi connectivity index (χ0) is 29.9. The average molecular weight is 587 g/mol. The number of likely N-dealkylation sites (N-methyl/N-ethyl adjacent to an activating group) is 1. The largest absolute Gasteiger partial charge is 0.497 e. The van der Waals surface area contributed by atoms with Crippen molar-refractivity contribution in [1.29, 1.82) is 0 Å². The molecule has 5 rings (SSSR count). The molecule has 0 unspecified atom stereocenters. The van der Waals surface area contributed by atoms with Gasteiger partial charge in [0.25, 0.3) is 6.01 Å². The number of hydrogen-bond donors (Lipinski definition) is 0. The Kier molecular flexibility index (Phi) is 10.9. The number of nitrogens with zero attached hydrogens (tertiary/aromatic N) is 4. The number of rotatable bonds is 15. The van der Waals surface area contributed by atoms with Crippen molar-refractivity contribution < 1.29 is 23.4 Å². The van der Waals surface area contributed by atoms with Crippen molar-refractivity contribution in [2.45, 2.75) is 26.3 Å². The summed E-state index contributed by atoms with van der Waals surface area (Å²) in [5, 5.41) is 0. The number of piperazine rings is 1. The maximum Gasteiger partial charge on any atom is 0.298 e. The minimum Gasteiger partial charge on any atom is -0.497 e. The molecule has 0 N–H and O–H groups in total. The Morgan fingerprint density at radius 2 is 1.35 bits per heavy atom. The van der Waals surface area contributed by atoms with Crippen molar-refractivity contribution in [1.82, 2.24) is 9.88 Å². The summed E-state index contributed by atoms with van der Waals surface area (Å²) in [5.41, 5.74) is 5.36. The lowest BCUT2D eigenvalue weighted by Crippen LogP contribution is -2.44. The summed E-state index contributed by atoms with van der Waals surface area (Å²) in [4.78, 5) is 11.8. The van der Waals surface area contributed by atoms with Crippen LogP contribution in [0.3, 0.4) is 0 Å². The topological polar surface area (TPSA) is 72.7 Å². The molecule has 3 aromatic carbocycles. The van der Waals surface area contributed by atoms with E-state index in [0.717, 1.165) is 54.5 Å². The fourth-order valence-electron chi connectivity index (χ4n) is 5.07. The van der Waals surface area contributed by atoms with Gasteiger partial charge in [-0.25, -0.2) is 0 Å². The molecule has 1 saturated heterocycles. The van der Waals surface area contributed by atoms with Gasteiger partial charge in [0.15, 0.2) is 0 Å². The van der Waals surface area contributed by atoms with Crippen LogP contribution in [0.5, 0.6) is 11.5 Å². The van der Waals surface area contributed by atoms with Crippen molar-refractivity contribution in [3.8, 4) is 11.5 Å². The predicted octanol–water partition coefficient (Wildman–Crippen LogP) is 5.38. The van der Waals surface area contributed by atoms with E-state index in [-0.39, 0.29) is 0 Å². The van der Waals surface area contributed by atoms with E-state index in [9.17, 15) is 0 Å². The fraction of sp³-hybridized carbons (Fsp3) is 0.382. The summed E-state index contributed by atoms with van der Waals surface area (Å²) in [6, 6.07) is 25.3. The molecule has 1 fully saturated rings. The van der Waals surface area contributed by atoms with Crippen molar-refractivity contribution in [2.24, 2.45) is 0 Å². The third-order valence-corrected chi connectivity index (χ3v) is 7.49. The first-order valence-electron chi connectivity index (χ1n) is 14.7. The van der Waals surface area contributed by atoms with Gasteiger partial charge in [0.2, 0.25) is 0 Å². The van der Waals surface area contributed by atoms with E-state index in [2.05, 4.69) is 52.1 Å². The van der Waals surface area contributed by atoms with E-state index in [0.29, 0.717) is 45.5 Å². The lowest BCUT2D eigenvalue weighted by atomic mass is 10.1. The monoisotopic (exact) mass is 586 g/mol. The van der Waals surface area contributed by atoms with Gasteiger partial charge in [-0.1, -0.05) is 36.4 Å². The van der Waals surface area contributed by atoms with Gasteiger partial charge < -0.3 is 38.1 Å². The molecule has 1 aliphatic rings. The molecular formula is C34H42N4O5. The smallest absolute Gasteiger partial charge is 0.298 e. The Morgan fingerprint density at radius 1 is 0.744 bits per heavy atom. The predicted molar refractivity (Wildman–Crippen MR) is 168 cm³/mol. The molecule has 43 heavy (non-hydrogen) atoms. The highest BCUT2D eigenvalue weighted by Gasteiger charge is 2.18. The number of ether oxygens (including phenoxy) is 4. The molecule has 228 valence electrons. The molecule has 0 saturated carbocycles. The van der Waals surface area contributed by atoms with Crippen LogP contribution in [-0.4, -0.2) is 70.5 Å². The van der Waals surface area contributed by atoms with Crippen LogP contribution in [0.25, 0.3) is 0 Å². The van der Waals surface area contributed by atoms with Gasteiger partial charge in [0.05, 0.1) is 40.6 Å². The molecule has 1 aromatic heterocycles. The Morgan fingerprint density at radius 3 is 2.05 bits per heavy atom. The summed E-state index contributed by atoms with van der Waals surface area (Å²) < 4.78 is 28.3. The molecule has 2 heterocycles. The first-order valence-corrected chi connectivity index (χ1v) is 14.7. The summed E-state index contributed by atoms with van der Waals surface area (Å²) >= 11 is 0. The molecule has 0 spiro atoms. The molecule has 0 amide bonds. The van der Waals surface area contributed by atoms with Gasteiger partial charge in [-0.15, -0.1) is 0 Å². The van der Waals surface area contributed by atoms with Crippen LogP contribution in [0, 0.1) is 0 Å². The molecule has 0 radical (unpaired) electrons. The Labute approximate surface area is 254 Å². The van der Waals surface area contributed by atoms with Crippen molar-refractivity contribution >= 4 is 11.7 Å². The minimum absolute atomic E-state index is 0.345. The number of oxazole rings is 1. The molecule has 4 aromatic rings. The highest BCUT2D eigenvalue weighted by atomic mass is 16.5. The van der Waals surface area contributed by atoms with Gasteiger partial charge in [-0.3, -0.25) is 0 Å². The van der Waals surface area contributed by atoms with Crippen LogP contribution < -0.4 is 19.3 Å². The summed E-state index contributed by atoms with van der Waals surface area (Å²) in [7, 11) is 5.52. The van der Waals surface area contributed by atoms with Gasteiger partial charge >= 0.3 is 0 Å². The standard InChI is InChI=1S/C34H42N4O5/c1-36-13-15-37(16-14-36)31-10-4-7-27(19-31)22-38(23-28-8-5-11-32(20-28)39-2)34-35-30(26-43-34)25-42-18-17-41-24-29-9-6-12-33(21-29)40-3/h4-12,19-21,26H,13-18,22-25H2,1-3H3. The molecular weight excluding hydrogens is 544 g/mol. The lowest BCUT2D eigenvalue weighted by Gasteiger charge is -2.34. The third kappa shape index (κ3) is 8.97. The number of anilines is 2. The zero-order valence-corrected chi connectivity index (χ0v) is 25.4. The van der Waals surface area contributed by atoms with E-state index < -0.39 is 0 Å². The highest BCUT2D eigenvalue weighted by Crippen LogP contribution is 2.25. The van der Waals surface area contributed by atoms with Crippen LogP contribution in [0.15, 0.2) is 83.5 Å².